The van der Waals surface area contributed by atoms with Gasteiger partial charge in [0.15, 0.2) is 0 Å². The van der Waals surface area contributed by atoms with Gasteiger partial charge in [-0.3, -0.25) is 19.7 Å². The van der Waals surface area contributed by atoms with Gasteiger partial charge in [0.25, 0.3) is 11.6 Å². The van der Waals surface area contributed by atoms with Crippen LogP contribution in [0.1, 0.15) is 48.0 Å². The zero-order chi connectivity index (χ0) is 17.5. The van der Waals surface area contributed by atoms with Crippen LogP contribution in [0.5, 0.6) is 0 Å². The summed E-state index contributed by atoms with van der Waals surface area (Å²) in [5.74, 6) is -0.277. The van der Waals surface area contributed by atoms with Crippen LogP contribution in [0.25, 0.3) is 0 Å². The summed E-state index contributed by atoms with van der Waals surface area (Å²) in [6, 6.07) is 4.70. The largest absolute Gasteiger partial charge is 0.352 e. The van der Waals surface area contributed by atoms with Gasteiger partial charge in [0.1, 0.15) is 5.56 Å². The summed E-state index contributed by atoms with van der Waals surface area (Å²) in [6.45, 7) is 3.37. The Hall–Kier alpha value is -2.44. The monoisotopic (exact) mass is 333 g/mol. The maximum Gasteiger partial charge on any atom is 0.285 e. The van der Waals surface area contributed by atoms with E-state index in [1.54, 1.807) is 19.1 Å². The maximum absolute atomic E-state index is 12.2. The third-order valence-electron chi connectivity index (χ3n) is 4.23. The van der Waals surface area contributed by atoms with Crippen LogP contribution >= 0.6 is 0 Å². The highest BCUT2D eigenvalue weighted by atomic mass is 16.6. The van der Waals surface area contributed by atoms with Crippen molar-refractivity contribution < 1.29 is 14.5 Å². The lowest BCUT2D eigenvalue weighted by Crippen LogP contribution is -2.34. The molecule has 0 bridgehead atoms. The van der Waals surface area contributed by atoms with Gasteiger partial charge in [-0.25, -0.2) is 0 Å². The Morgan fingerprint density at radius 2 is 2.12 bits per heavy atom. The predicted octanol–water partition coefficient (Wildman–Crippen LogP) is 2.43. The first-order valence-electron chi connectivity index (χ1n) is 8.30. The lowest BCUT2D eigenvalue weighted by molar-refractivity contribution is -0.385. The summed E-state index contributed by atoms with van der Waals surface area (Å²) in [5, 5.41) is 13.8. The molecular formula is C17H23N3O4. The van der Waals surface area contributed by atoms with Crippen molar-refractivity contribution in [2.75, 3.05) is 19.6 Å². The van der Waals surface area contributed by atoms with Gasteiger partial charge in [0.2, 0.25) is 5.91 Å². The number of aryl methyl sites for hydroxylation is 1. The van der Waals surface area contributed by atoms with Gasteiger partial charge >= 0.3 is 0 Å². The molecular weight excluding hydrogens is 310 g/mol. The predicted molar refractivity (Wildman–Crippen MR) is 89.8 cm³/mol. The SMILES string of the molecule is Cc1cccc(C(=O)NCCCN2CCCCCC2=O)c1[N+](=O)[O-]. The van der Waals surface area contributed by atoms with Crippen LogP contribution < -0.4 is 5.32 Å². The van der Waals surface area contributed by atoms with E-state index < -0.39 is 10.8 Å². The molecule has 1 aliphatic rings. The van der Waals surface area contributed by atoms with Crippen molar-refractivity contribution in [2.45, 2.75) is 39.0 Å². The first kappa shape index (κ1) is 17.9. The molecule has 0 atom stereocenters. The summed E-state index contributed by atoms with van der Waals surface area (Å²) in [6.07, 6.45) is 4.28. The minimum absolute atomic E-state index is 0.0749. The van der Waals surface area contributed by atoms with Crippen LogP contribution in [-0.2, 0) is 4.79 Å². The Balaban J connectivity index is 1.87. The van der Waals surface area contributed by atoms with Gasteiger partial charge in [-0.15, -0.1) is 0 Å². The smallest absolute Gasteiger partial charge is 0.285 e. The van der Waals surface area contributed by atoms with Crippen molar-refractivity contribution in [3.8, 4) is 0 Å². The molecule has 7 heteroatoms. The highest BCUT2D eigenvalue weighted by molar-refractivity contribution is 5.98. The minimum atomic E-state index is -0.528. The summed E-state index contributed by atoms with van der Waals surface area (Å²) >= 11 is 0. The molecule has 1 N–H and O–H groups in total. The number of nitro benzene ring substituents is 1. The average Bonchev–Trinajstić information content (AvgIpc) is 2.75. The number of hydrogen-bond acceptors (Lipinski definition) is 4. The highest BCUT2D eigenvalue weighted by Crippen LogP contribution is 2.22. The van der Waals surface area contributed by atoms with Crippen molar-refractivity contribution in [1.29, 1.82) is 0 Å². The fourth-order valence-electron chi connectivity index (χ4n) is 2.93. The number of carbonyl (C=O) groups excluding carboxylic acids is 2. The Bertz CT molecular complexity index is 630. The third-order valence-corrected chi connectivity index (χ3v) is 4.23. The maximum atomic E-state index is 12.2. The van der Waals surface area contributed by atoms with E-state index in [4.69, 9.17) is 0 Å². The zero-order valence-electron chi connectivity index (χ0n) is 13.9. The van der Waals surface area contributed by atoms with Gasteiger partial charge in [-0.1, -0.05) is 18.6 Å². The van der Waals surface area contributed by atoms with Gasteiger partial charge < -0.3 is 10.2 Å². The molecule has 1 fully saturated rings. The summed E-state index contributed by atoms with van der Waals surface area (Å²) in [5.41, 5.74) is 0.381. The van der Waals surface area contributed by atoms with Crippen LogP contribution in [0, 0.1) is 17.0 Å². The van der Waals surface area contributed by atoms with Gasteiger partial charge in [0, 0.05) is 31.6 Å². The molecule has 130 valence electrons. The molecule has 24 heavy (non-hydrogen) atoms. The van der Waals surface area contributed by atoms with Crippen LogP contribution in [0.15, 0.2) is 18.2 Å². The minimum Gasteiger partial charge on any atom is -0.352 e. The second-order valence-corrected chi connectivity index (χ2v) is 6.03. The Kier molecular flexibility index (Phi) is 6.28. The number of nitrogens with zero attached hydrogens (tertiary/aromatic N) is 2. The van der Waals surface area contributed by atoms with E-state index in [1.807, 2.05) is 4.90 Å². The van der Waals surface area contributed by atoms with Crippen LogP contribution in [-0.4, -0.2) is 41.3 Å². The molecule has 0 saturated carbocycles. The van der Waals surface area contributed by atoms with Gasteiger partial charge in [-0.05, 0) is 32.3 Å². The first-order valence-corrected chi connectivity index (χ1v) is 8.30. The Morgan fingerprint density at radius 3 is 2.88 bits per heavy atom. The lowest BCUT2D eigenvalue weighted by Gasteiger charge is -2.20. The molecule has 0 spiro atoms. The van der Waals surface area contributed by atoms with E-state index in [0.29, 0.717) is 31.5 Å². The lowest BCUT2D eigenvalue weighted by atomic mass is 10.1. The van der Waals surface area contributed by atoms with Crippen LogP contribution in [0.4, 0.5) is 5.69 Å². The molecule has 0 aliphatic carbocycles. The van der Waals surface area contributed by atoms with E-state index in [0.717, 1.165) is 25.8 Å². The molecule has 7 nitrogen and oxygen atoms in total. The molecule has 0 aromatic heterocycles. The zero-order valence-corrected chi connectivity index (χ0v) is 13.9. The van der Waals surface area contributed by atoms with E-state index >= 15 is 0 Å². The van der Waals surface area contributed by atoms with E-state index in [2.05, 4.69) is 5.32 Å². The second-order valence-electron chi connectivity index (χ2n) is 6.03. The Morgan fingerprint density at radius 1 is 1.33 bits per heavy atom. The molecule has 1 saturated heterocycles. The van der Waals surface area contributed by atoms with Crippen molar-refractivity contribution in [2.24, 2.45) is 0 Å². The summed E-state index contributed by atoms with van der Waals surface area (Å²) < 4.78 is 0. The van der Waals surface area contributed by atoms with E-state index in [1.165, 1.54) is 6.07 Å². The number of amides is 2. The number of nitrogens with one attached hydrogen (secondary N) is 1. The second kappa shape index (κ2) is 8.42. The van der Waals surface area contributed by atoms with Gasteiger partial charge in [0.05, 0.1) is 4.92 Å². The molecule has 0 radical (unpaired) electrons. The number of rotatable bonds is 6. The number of likely N-dealkylation sites (tertiary alicyclic amines) is 1. The molecule has 1 aliphatic heterocycles. The van der Waals surface area contributed by atoms with E-state index in [-0.39, 0.29) is 17.2 Å². The van der Waals surface area contributed by atoms with Crippen molar-refractivity contribution in [1.82, 2.24) is 10.2 Å². The number of carbonyl (C=O) groups is 2. The molecule has 1 aromatic rings. The van der Waals surface area contributed by atoms with Crippen LogP contribution in [0.2, 0.25) is 0 Å². The number of para-hydroxylation sites is 1. The van der Waals surface area contributed by atoms with Crippen molar-refractivity contribution in [3.63, 3.8) is 0 Å². The normalized spacial score (nSPS) is 15.0. The van der Waals surface area contributed by atoms with Crippen molar-refractivity contribution in [3.05, 3.63) is 39.4 Å². The fraction of sp³-hybridized carbons (Fsp3) is 0.529. The standard InChI is InChI=1S/C17H23N3O4/c1-13-7-5-8-14(16(13)20(23)24)17(22)18-10-6-12-19-11-4-2-3-9-15(19)21/h5,7-8H,2-4,6,9-12H2,1H3,(H,18,22). The van der Waals surface area contributed by atoms with Crippen molar-refractivity contribution >= 4 is 17.5 Å². The first-order chi connectivity index (χ1) is 11.5. The summed E-state index contributed by atoms with van der Waals surface area (Å²) in [7, 11) is 0. The third kappa shape index (κ3) is 4.53. The fourth-order valence-corrected chi connectivity index (χ4v) is 2.93. The molecule has 2 amide bonds. The quantitative estimate of drug-likeness (QED) is 0.491. The van der Waals surface area contributed by atoms with Crippen LogP contribution in [0.3, 0.4) is 0 Å². The van der Waals surface area contributed by atoms with Gasteiger partial charge in [-0.2, -0.15) is 0 Å². The topological polar surface area (TPSA) is 92.6 Å². The average molecular weight is 333 g/mol. The summed E-state index contributed by atoms with van der Waals surface area (Å²) in [4.78, 5) is 36.5. The molecule has 1 heterocycles. The number of hydrogen-bond donors (Lipinski definition) is 1. The number of benzene rings is 1. The molecule has 0 unspecified atom stereocenters. The number of nitro groups is 1. The highest BCUT2D eigenvalue weighted by Gasteiger charge is 2.22. The Labute approximate surface area is 141 Å². The molecule has 1 aromatic carbocycles. The van der Waals surface area contributed by atoms with E-state index in [9.17, 15) is 19.7 Å². The molecule has 2 rings (SSSR count).